The largest absolute Gasteiger partial charge is 0.496 e. The third-order valence-electron chi connectivity index (χ3n) is 3.71. The fourth-order valence-corrected chi connectivity index (χ4v) is 3.33. The first-order chi connectivity index (χ1) is 10.1. The van der Waals surface area contributed by atoms with Gasteiger partial charge in [-0.15, -0.1) is 0 Å². The Kier molecular flexibility index (Phi) is 7.94. The molecule has 21 heavy (non-hydrogen) atoms. The molecule has 120 valence electrons. The van der Waals surface area contributed by atoms with Crippen molar-refractivity contribution in [3.63, 3.8) is 0 Å². The molecule has 1 aromatic rings. The van der Waals surface area contributed by atoms with E-state index in [1.54, 1.807) is 14.2 Å². The average Bonchev–Trinajstić information content (AvgIpc) is 2.52. The van der Waals surface area contributed by atoms with E-state index in [0.29, 0.717) is 6.61 Å². The summed E-state index contributed by atoms with van der Waals surface area (Å²) in [4.78, 5) is 0. The lowest BCUT2D eigenvalue weighted by atomic mass is 9.82. The molecule has 0 N–H and O–H groups in total. The maximum Gasteiger partial charge on any atom is 0.126 e. The van der Waals surface area contributed by atoms with Crippen LogP contribution in [0, 0.1) is 5.41 Å². The van der Waals surface area contributed by atoms with Crippen LogP contribution in [0.15, 0.2) is 18.2 Å². The van der Waals surface area contributed by atoms with Crippen LogP contribution in [0.5, 0.6) is 17.2 Å². The Balaban J connectivity index is 2.83. The van der Waals surface area contributed by atoms with Gasteiger partial charge in [0.2, 0.25) is 0 Å². The number of hydrogen-bond acceptors (Lipinski definition) is 3. The van der Waals surface area contributed by atoms with Crippen molar-refractivity contribution < 1.29 is 14.2 Å². The zero-order chi connectivity index (χ0) is 15.7. The van der Waals surface area contributed by atoms with Crippen molar-refractivity contribution >= 4 is 15.9 Å². The molecule has 0 amide bonds. The molecule has 0 atom stereocenters. The van der Waals surface area contributed by atoms with E-state index in [1.807, 2.05) is 18.2 Å². The number of halogens is 1. The van der Waals surface area contributed by atoms with Crippen molar-refractivity contribution in [1.29, 1.82) is 0 Å². The highest BCUT2D eigenvalue weighted by molar-refractivity contribution is 9.09. The first kappa shape index (κ1) is 18.1. The van der Waals surface area contributed by atoms with Gasteiger partial charge in [-0.05, 0) is 12.8 Å². The van der Waals surface area contributed by atoms with E-state index in [9.17, 15) is 0 Å². The monoisotopic (exact) mass is 358 g/mol. The lowest BCUT2D eigenvalue weighted by Gasteiger charge is -2.31. The van der Waals surface area contributed by atoms with E-state index in [-0.39, 0.29) is 5.41 Å². The molecule has 0 spiro atoms. The van der Waals surface area contributed by atoms with E-state index in [0.717, 1.165) is 48.3 Å². The van der Waals surface area contributed by atoms with Crippen LogP contribution in [0.1, 0.15) is 39.5 Å². The van der Waals surface area contributed by atoms with Gasteiger partial charge in [0.15, 0.2) is 0 Å². The molecule has 0 aliphatic heterocycles. The Bertz CT molecular complexity index is 392. The number of methoxy groups -OCH3 is 2. The van der Waals surface area contributed by atoms with Gasteiger partial charge in [0.25, 0.3) is 0 Å². The van der Waals surface area contributed by atoms with Gasteiger partial charge in [-0.2, -0.15) is 0 Å². The molecular formula is C17H27BrO3. The first-order valence-corrected chi connectivity index (χ1v) is 8.67. The Morgan fingerprint density at radius 1 is 0.905 bits per heavy atom. The Morgan fingerprint density at radius 2 is 1.38 bits per heavy atom. The molecule has 0 aliphatic carbocycles. The zero-order valence-electron chi connectivity index (χ0n) is 13.6. The third-order valence-corrected chi connectivity index (χ3v) is 4.90. The second-order valence-corrected chi connectivity index (χ2v) is 6.03. The topological polar surface area (TPSA) is 27.7 Å². The van der Waals surface area contributed by atoms with Gasteiger partial charge in [0.05, 0.1) is 20.8 Å². The number of ether oxygens (including phenoxy) is 3. The molecule has 0 unspecified atom stereocenters. The first-order valence-electron chi connectivity index (χ1n) is 7.55. The van der Waals surface area contributed by atoms with E-state index >= 15 is 0 Å². The van der Waals surface area contributed by atoms with Crippen LogP contribution in [-0.2, 0) is 0 Å². The molecule has 0 fully saturated rings. The summed E-state index contributed by atoms with van der Waals surface area (Å²) in [5, 5.41) is 0.961. The van der Waals surface area contributed by atoms with Crippen molar-refractivity contribution in [3.05, 3.63) is 18.2 Å². The predicted octanol–water partition coefficient (Wildman–Crippen LogP) is 5.06. The molecule has 1 aromatic carbocycles. The Labute approximate surface area is 137 Å². The Morgan fingerprint density at radius 3 is 1.76 bits per heavy atom. The summed E-state index contributed by atoms with van der Waals surface area (Å²) in [7, 11) is 3.30. The summed E-state index contributed by atoms with van der Waals surface area (Å²) in [5.41, 5.74) is 0.194. The van der Waals surface area contributed by atoms with Gasteiger partial charge in [-0.25, -0.2) is 0 Å². The molecule has 0 aliphatic rings. The predicted molar refractivity (Wildman–Crippen MR) is 91.1 cm³/mol. The van der Waals surface area contributed by atoms with Gasteiger partial charge < -0.3 is 14.2 Å². The lowest BCUT2D eigenvalue weighted by molar-refractivity contribution is 0.144. The lowest BCUT2D eigenvalue weighted by Crippen LogP contribution is -2.30. The summed E-state index contributed by atoms with van der Waals surface area (Å²) in [6, 6.07) is 5.65. The minimum Gasteiger partial charge on any atom is -0.496 e. The van der Waals surface area contributed by atoms with Crippen LogP contribution in [0.2, 0.25) is 0 Å². The van der Waals surface area contributed by atoms with Crippen LogP contribution in [0.3, 0.4) is 0 Å². The maximum absolute atomic E-state index is 6.06. The number of alkyl halides is 1. The Hall–Kier alpha value is -0.900. The summed E-state index contributed by atoms with van der Waals surface area (Å²) in [6.07, 6.45) is 4.65. The quantitative estimate of drug-likeness (QED) is 0.546. The van der Waals surface area contributed by atoms with Crippen LogP contribution < -0.4 is 14.2 Å². The molecule has 0 saturated carbocycles. The molecule has 0 saturated heterocycles. The van der Waals surface area contributed by atoms with E-state index < -0.39 is 0 Å². The molecule has 0 heterocycles. The van der Waals surface area contributed by atoms with E-state index in [4.69, 9.17) is 14.2 Å². The highest BCUT2D eigenvalue weighted by Crippen LogP contribution is 2.34. The average molecular weight is 359 g/mol. The van der Waals surface area contributed by atoms with Crippen LogP contribution in [0.25, 0.3) is 0 Å². The molecule has 0 radical (unpaired) electrons. The highest BCUT2D eigenvalue weighted by Gasteiger charge is 2.28. The normalized spacial score (nSPS) is 11.3. The molecule has 0 aromatic heterocycles. The molecule has 3 nitrogen and oxygen atoms in total. The van der Waals surface area contributed by atoms with Gasteiger partial charge in [-0.1, -0.05) is 42.6 Å². The zero-order valence-corrected chi connectivity index (χ0v) is 15.2. The summed E-state index contributed by atoms with van der Waals surface area (Å²) in [6.45, 7) is 5.15. The van der Waals surface area contributed by atoms with Crippen LogP contribution in [0.4, 0.5) is 0 Å². The van der Waals surface area contributed by atoms with E-state index in [1.165, 1.54) is 0 Å². The maximum atomic E-state index is 6.06. The second-order valence-electron chi connectivity index (χ2n) is 5.47. The molecule has 1 rings (SSSR count). The fraction of sp³-hybridized carbons (Fsp3) is 0.647. The smallest absolute Gasteiger partial charge is 0.126 e. The molecule has 4 heteroatoms. The summed E-state index contributed by atoms with van der Waals surface area (Å²) in [5.74, 6) is 2.29. The van der Waals surface area contributed by atoms with Gasteiger partial charge in [0.1, 0.15) is 17.2 Å². The summed E-state index contributed by atoms with van der Waals surface area (Å²) < 4.78 is 16.6. The standard InChI is InChI=1S/C17H27BrO3/c1-5-7-17(12-18,8-6-2)13-21-16-10-14(19-3)9-15(11-16)20-4/h9-11H,5-8,12-13H2,1-4H3. The summed E-state index contributed by atoms with van der Waals surface area (Å²) >= 11 is 3.68. The number of benzene rings is 1. The second kappa shape index (κ2) is 9.19. The fourth-order valence-electron chi connectivity index (χ4n) is 2.60. The van der Waals surface area contributed by atoms with Crippen molar-refractivity contribution in [2.24, 2.45) is 5.41 Å². The van der Waals surface area contributed by atoms with Crippen LogP contribution in [-0.4, -0.2) is 26.2 Å². The third kappa shape index (κ3) is 5.42. The van der Waals surface area contributed by atoms with Gasteiger partial charge >= 0.3 is 0 Å². The van der Waals surface area contributed by atoms with Crippen molar-refractivity contribution in [3.8, 4) is 17.2 Å². The molecule has 0 bridgehead atoms. The number of hydrogen-bond donors (Lipinski definition) is 0. The van der Waals surface area contributed by atoms with Crippen molar-refractivity contribution in [2.45, 2.75) is 39.5 Å². The number of rotatable bonds is 10. The van der Waals surface area contributed by atoms with Crippen LogP contribution >= 0.6 is 15.9 Å². The molecular weight excluding hydrogens is 332 g/mol. The minimum absolute atomic E-state index is 0.194. The van der Waals surface area contributed by atoms with Crippen molar-refractivity contribution in [1.82, 2.24) is 0 Å². The van der Waals surface area contributed by atoms with Crippen molar-refractivity contribution in [2.75, 3.05) is 26.2 Å². The minimum atomic E-state index is 0.194. The van der Waals surface area contributed by atoms with Gasteiger partial charge in [-0.3, -0.25) is 0 Å². The van der Waals surface area contributed by atoms with Gasteiger partial charge in [0, 0.05) is 28.9 Å². The SMILES string of the molecule is CCCC(CBr)(CCC)COc1cc(OC)cc(OC)c1. The highest BCUT2D eigenvalue weighted by atomic mass is 79.9. The van der Waals surface area contributed by atoms with E-state index in [2.05, 4.69) is 29.8 Å².